The number of pyridine rings is 1. The molecule has 112 valence electrons. The average Bonchev–Trinajstić information content (AvgIpc) is 2.45. The van der Waals surface area contributed by atoms with E-state index in [1.165, 1.54) is 37.9 Å². The summed E-state index contributed by atoms with van der Waals surface area (Å²) in [4.78, 5) is 6.80. The van der Waals surface area contributed by atoms with Gasteiger partial charge in [-0.25, -0.2) is 0 Å². The number of halogens is 1. The van der Waals surface area contributed by atoms with Crippen molar-refractivity contribution < 1.29 is 0 Å². The molecule has 1 saturated heterocycles. The van der Waals surface area contributed by atoms with Crippen molar-refractivity contribution in [2.75, 3.05) is 13.1 Å². The zero-order valence-corrected chi connectivity index (χ0v) is 14.0. The molecule has 0 radical (unpaired) electrons. The molecule has 2 rings (SSSR count). The van der Waals surface area contributed by atoms with Crippen molar-refractivity contribution in [2.24, 2.45) is 5.84 Å². The van der Waals surface area contributed by atoms with Gasteiger partial charge in [-0.1, -0.05) is 6.42 Å². The van der Waals surface area contributed by atoms with Crippen LogP contribution in [0.25, 0.3) is 0 Å². The third-order valence-corrected chi connectivity index (χ3v) is 4.86. The summed E-state index contributed by atoms with van der Waals surface area (Å²) in [6, 6.07) is 2.32. The predicted molar refractivity (Wildman–Crippen MR) is 86.3 cm³/mol. The molecule has 1 unspecified atom stereocenters. The van der Waals surface area contributed by atoms with E-state index < -0.39 is 0 Å². The molecule has 2 heterocycles. The number of aromatic nitrogens is 1. The highest BCUT2D eigenvalue weighted by Gasteiger charge is 2.35. The first-order valence-electron chi connectivity index (χ1n) is 7.34. The Labute approximate surface area is 130 Å². The van der Waals surface area contributed by atoms with E-state index in [-0.39, 0.29) is 11.6 Å². The van der Waals surface area contributed by atoms with Gasteiger partial charge < -0.3 is 0 Å². The fourth-order valence-corrected chi connectivity index (χ4v) is 3.42. The van der Waals surface area contributed by atoms with Crippen LogP contribution in [-0.4, -0.2) is 34.6 Å². The van der Waals surface area contributed by atoms with Gasteiger partial charge in [0, 0.05) is 28.4 Å². The number of likely N-dealkylation sites (tertiary alicyclic amines) is 1. The standard InChI is InChI=1S/C15H25BrN4/c1-15(2,20-6-4-3-5-7-20)14(19-17)9-12-8-13(16)11-18-10-12/h8,10-11,14,19H,3-7,9,17H2,1-2H3. The summed E-state index contributed by atoms with van der Waals surface area (Å²) in [5, 5.41) is 0. The molecule has 1 fully saturated rings. The van der Waals surface area contributed by atoms with Crippen LogP contribution in [0.1, 0.15) is 38.7 Å². The molecule has 0 amide bonds. The van der Waals surface area contributed by atoms with E-state index in [1.807, 2.05) is 12.4 Å². The molecule has 1 aliphatic rings. The summed E-state index contributed by atoms with van der Waals surface area (Å²) in [6.07, 6.45) is 8.54. The summed E-state index contributed by atoms with van der Waals surface area (Å²) in [7, 11) is 0. The van der Waals surface area contributed by atoms with Gasteiger partial charge in [0.05, 0.1) is 0 Å². The topological polar surface area (TPSA) is 54.2 Å². The van der Waals surface area contributed by atoms with Crippen molar-refractivity contribution >= 4 is 15.9 Å². The third kappa shape index (κ3) is 3.79. The SMILES string of the molecule is CC(C)(C(Cc1cncc(Br)c1)NN)N1CCCCC1. The lowest BCUT2D eigenvalue weighted by Gasteiger charge is -2.45. The Morgan fingerprint density at radius 2 is 2.05 bits per heavy atom. The van der Waals surface area contributed by atoms with Crippen LogP contribution in [-0.2, 0) is 6.42 Å². The smallest absolute Gasteiger partial charge is 0.0430 e. The lowest BCUT2D eigenvalue weighted by atomic mass is 9.87. The number of nitrogens with one attached hydrogen (secondary N) is 1. The second kappa shape index (κ2) is 6.98. The van der Waals surface area contributed by atoms with Crippen molar-refractivity contribution in [3.63, 3.8) is 0 Å². The van der Waals surface area contributed by atoms with Crippen LogP contribution in [0.15, 0.2) is 22.9 Å². The van der Waals surface area contributed by atoms with Crippen LogP contribution >= 0.6 is 15.9 Å². The van der Waals surface area contributed by atoms with Crippen LogP contribution in [0, 0.1) is 0 Å². The maximum atomic E-state index is 5.84. The maximum absolute atomic E-state index is 5.84. The Bertz CT molecular complexity index is 430. The lowest BCUT2D eigenvalue weighted by molar-refractivity contribution is 0.0611. The van der Waals surface area contributed by atoms with Gasteiger partial charge in [-0.3, -0.25) is 21.2 Å². The van der Waals surface area contributed by atoms with Crippen LogP contribution in [0.4, 0.5) is 0 Å². The number of hydrogen-bond acceptors (Lipinski definition) is 4. The van der Waals surface area contributed by atoms with Crippen molar-refractivity contribution in [3.05, 3.63) is 28.5 Å². The van der Waals surface area contributed by atoms with Crippen LogP contribution in [0.2, 0.25) is 0 Å². The molecule has 4 nitrogen and oxygen atoms in total. The molecule has 1 atom stereocenters. The van der Waals surface area contributed by atoms with Crippen LogP contribution < -0.4 is 11.3 Å². The van der Waals surface area contributed by atoms with E-state index in [2.05, 4.69) is 51.2 Å². The summed E-state index contributed by atoms with van der Waals surface area (Å²) >= 11 is 3.48. The first-order chi connectivity index (χ1) is 9.54. The van der Waals surface area contributed by atoms with E-state index in [4.69, 9.17) is 5.84 Å². The minimum Gasteiger partial charge on any atom is -0.297 e. The fraction of sp³-hybridized carbons (Fsp3) is 0.667. The number of nitrogens with two attached hydrogens (primary N) is 1. The molecule has 1 aromatic heterocycles. The zero-order valence-electron chi connectivity index (χ0n) is 12.4. The van der Waals surface area contributed by atoms with E-state index in [1.54, 1.807) is 0 Å². The molecule has 1 aliphatic heterocycles. The minimum absolute atomic E-state index is 0.0392. The predicted octanol–water partition coefficient (Wildman–Crippen LogP) is 2.48. The molecule has 1 aromatic rings. The Morgan fingerprint density at radius 3 is 2.65 bits per heavy atom. The van der Waals surface area contributed by atoms with Gasteiger partial charge in [-0.05, 0) is 73.8 Å². The van der Waals surface area contributed by atoms with Gasteiger partial charge in [0.2, 0.25) is 0 Å². The van der Waals surface area contributed by atoms with Crippen LogP contribution in [0.3, 0.4) is 0 Å². The summed E-state index contributed by atoms with van der Waals surface area (Å²) in [5.41, 5.74) is 4.26. The summed E-state index contributed by atoms with van der Waals surface area (Å²) < 4.78 is 1.02. The first-order valence-corrected chi connectivity index (χ1v) is 8.14. The zero-order chi connectivity index (χ0) is 14.6. The largest absolute Gasteiger partial charge is 0.297 e. The maximum Gasteiger partial charge on any atom is 0.0430 e. The molecule has 0 saturated carbocycles. The van der Waals surface area contributed by atoms with Crippen molar-refractivity contribution in [3.8, 4) is 0 Å². The molecule has 0 spiro atoms. The van der Waals surface area contributed by atoms with Gasteiger partial charge >= 0.3 is 0 Å². The van der Waals surface area contributed by atoms with E-state index in [9.17, 15) is 0 Å². The monoisotopic (exact) mass is 340 g/mol. The molecule has 20 heavy (non-hydrogen) atoms. The number of hydrazine groups is 1. The highest BCUT2D eigenvalue weighted by Crippen LogP contribution is 2.26. The molecular weight excluding hydrogens is 316 g/mol. The number of rotatable bonds is 5. The van der Waals surface area contributed by atoms with Crippen LogP contribution in [0.5, 0.6) is 0 Å². The Kier molecular flexibility index (Phi) is 5.55. The Morgan fingerprint density at radius 1 is 1.35 bits per heavy atom. The average molecular weight is 341 g/mol. The fourth-order valence-electron chi connectivity index (χ4n) is 3.01. The van der Waals surface area contributed by atoms with Gasteiger partial charge in [0.25, 0.3) is 0 Å². The van der Waals surface area contributed by atoms with Gasteiger partial charge in [0.1, 0.15) is 0 Å². The minimum atomic E-state index is 0.0392. The highest BCUT2D eigenvalue weighted by atomic mass is 79.9. The van der Waals surface area contributed by atoms with E-state index in [0.717, 1.165) is 10.9 Å². The van der Waals surface area contributed by atoms with Crippen molar-refractivity contribution in [2.45, 2.75) is 51.1 Å². The summed E-state index contributed by atoms with van der Waals surface area (Å²) in [5.74, 6) is 5.84. The first kappa shape index (κ1) is 15.9. The van der Waals surface area contributed by atoms with Crippen molar-refractivity contribution in [1.29, 1.82) is 0 Å². The third-order valence-electron chi connectivity index (χ3n) is 4.43. The quantitative estimate of drug-likeness (QED) is 0.638. The number of nitrogens with zero attached hydrogens (tertiary/aromatic N) is 2. The lowest BCUT2D eigenvalue weighted by Crippen LogP contribution is -2.61. The molecular formula is C15H25BrN4. The normalized spacial score (nSPS) is 19.0. The van der Waals surface area contributed by atoms with Gasteiger partial charge in [-0.2, -0.15) is 0 Å². The van der Waals surface area contributed by atoms with Crippen molar-refractivity contribution in [1.82, 2.24) is 15.3 Å². The molecule has 0 aromatic carbocycles. The molecule has 0 bridgehead atoms. The second-order valence-corrected chi connectivity index (χ2v) is 7.05. The summed E-state index contributed by atoms with van der Waals surface area (Å²) in [6.45, 7) is 6.91. The highest BCUT2D eigenvalue weighted by molar-refractivity contribution is 9.10. The second-order valence-electron chi connectivity index (χ2n) is 6.14. The molecule has 3 N–H and O–H groups in total. The molecule has 0 aliphatic carbocycles. The van der Waals surface area contributed by atoms with E-state index >= 15 is 0 Å². The molecule has 5 heteroatoms. The van der Waals surface area contributed by atoms with Gasteiger partial charge in [-0.15, -0.1) is 0 Å². The van der Waals surface area contributed by atoms with E-state index in [0.29, 0.717) is 0 Å². The Hall–Kier alpha value is -0.490. The number of hydrogen-bond donors (Lipinski definition) is 2. The Balaban J connectivity index is 2.09. The van der Waals surface area contributed by atoms with Gasteiger partial charge in [0.15, 0.2) is 0 Å². The number of piperidine rings is 1.